The van der Waals surface area contributed by atoms with Gasteiger partial charge in [-0.3, -0.25) is 14.4 Å². The predicted octanol–water partition coefficient (Wildman–Crippen LogP) is 0.880. The molecule has 0 fully saturated rings. The van der Waals surface area contributed by atoms with E-state index in [9.17, 15) is 14.4 Å². The molecule has 104 valence electrons. The minimum atomic E-state index is -0.150. The zero-order chi connectivity index (χ0) is 14.1. The Balaban J connectivity index is 3.60. The van der Waals surface area contributed by atoms with Crippen molar-refractivity contribution in [3.8, 4) is 0 Å². The summed E-state index contributed by atoms with van der Waals surface area (Å²) in [6.07, 6.45) is 0.907. The van der Waals surface area contributed by atoms with Crippen molar-refractivity contribution < 1.29 is 14.4 Å². The molecule has 2 amide bonds. The van der Waals surface area contributed by atoms with Gasteiger partial charge in [0, 0.05) is 24.8 Å². The molecule has 5 nitrogen and oxygen atoms in total. The highest BCUT2D eigenvalue weighted by atomic mass is 16.2. The average molecular weight is 256 g/mol. The first-order valence-electron chi connectivity index (χ1n) is 6.41. The second-order valence-electron chi connectivity index (χ2n) is 4.95. The number of Topliss-reactive ketones (excluding diaryl/α,β-unsaturated/α-hetero) is 1. The minimum absolute atomic E-state index is 0.00889. The predicted molar refractivity (Wildman–Crippen MR) is 69.9 cm³/mol. The van der Waals surface area contributed by atoms with Crippen LogP contribution in [0.15, 0.2) is 0 Å². The van der Waals surface area contributed by atoms with E-state index >= 15 is 0 Å². The van der Waals surface area contributed by atoms with E-state index in [1.54, 1.807) is 13.8 Å². The van der Waals surface area contributed by atoms with Gasteiger partial charge in [-0.05, 0) is 6.42 Å². The van der Waals surface area contributed by atoms with Crippen LogP contribution < -0.4 is 10.6 Å². The molecule has 5 heteroatoms. The van der Waals surface area contributed by atoms with Crippen LogP contribution >= 0.6 is 0 Å². The van der Waals surface area contributed by atoms with Crippen molar-refractivity contribution in [2.24, 2.45) is 11.8 Å². The van der Waals surface area contributed by atoms with Crippen LogP contribution in [-0.4, -0.2) is 30.7 Å². The molecule has 0 saturated carbocycles. The van der Waals surface area contributed by atoms with Gasteiger partial charge in [-0.1, -0.05) is 27.7 Å². The third-order valence-corrected chi connectivity index (χ3v) is 2.51. The summed E-state index contributed by atoms with van der Waals surface area (Å²) in [5.74, 6) is -0.234. The smallest absolute Gasteiger partial charge is 0.222 e. The fourth-order valence-electron chi connectivity index (χ4n) is 1.14. The van der Waals surface area contributed by atoms with E-state index in [4.69, 9.17) is 0 Å². The summed E-state index contributed by atoms with van der Waals surface area (Å²) in [6, 6.07) is 0. The topological polar surface area (TPSA) is 75.3 Å². The zero-order valence-corrected chi connectivity index (χ0v) is 11.7. The third kappa shape index (κ3) is 7.81. The molecule has 0 aromatic rings. The summed E-state index contributed by atoms with van der Waals surface area (Å²) in [5.41, 5.74) is 0. The molecule has 2 N–H and O–H groups in total. The van der Waals surface area contributed by atoms with Gasteiger partial charge in [0.05, 0.1) is 6.54 Å². The third-order valence-electron chi connectivity index (χ3n) is 2.51. The Morgan fingerprint density at radius 1 is 0.944 bits per heavy atom. The number of rotatable bonds is 8. The van der Waals surface area contributed by atoms with Crippen molar-refractivity contribution in [1.29, 1.82) is 0 Å². The Kier molecular flexibility index (Phi) is 8.00. The van der Waals surface area contributed by atoms with E-state index < -0.39 is 0 Å². The Morgan fingerprint density at radius 3 is 2.06 bits per heavy atom. The van der Waals surface area contributed by atoms with Gasteiger partial charge < -0.3 is 10.6 Å². The fraction of sp³-hybridized carbons (Fsp3) is 0.769. The van der Waals surface area contributed by atoms with Crippen LogP contribution in [0.5, 0.6) is 0 Å². The largest absolute Gasteiger partial charge is 0.356 e. The molecule has 0 saturated heterocycles. The van der Waals surface area contributed by atoms with E-state index in [2.05, 4.69) is 10.6 Å². The van der Waals surface area contributed by atoms with Gasteiger partial charge in [-0.25, -0.2) is 0 Å². The molecule has 0 aromatic heterocycles. The lowest BCUT2D eigenvalue weighted by Gasteiger charge is -2.08. The lowest BCUT2D eigenvalue weighted by atomic mass is 10.1. The summed E-state index contributed by atoms with van der Waals surface area (Å²) < 4.78 is 0. The lowest BCUT2D eigenvalue weighted by Crippen LogP contribution is -2.33. The number of hydrogen-bond acceptors (Lipinski definition) is 3. The number of amides is 2. The first-order chi connectivity index (χ1) is 8.34. The molecule has 0 bridgehead atoms. The number of carbonyl (C=O) groups excluding carboxylic acids is 3. The summed E-state index contributed by atoms with van der Waals surface area (Å²) in [6.45, 7) is 7.82. The molecule has 0 aliphatic rings. The van der Waals surface area contributed by atoms with E-state index in [0.717, 1.165) is 0 Å². The fourth-order valence-corrected chi connectivity index (χ4v) is 1.14. The quantitative estimate of drug-likeness (QED) is 0.633. The van der Waals surface area contributed by atoms with Gasteiger partial charge in [-0.15, -0.1) is 0 Å². The van der Waals surface area contributed by atoms with Crippen molar-refractivity contribution in [1.82, 2.24) is 10.6 Å². The maximum Gasteiger partial charge on any atom is 0.222 e. The van der Waals surface area contributed by atoms with Crippen LogP contribution in [0.2, 0.25) is 0 Å². The van der Waals surface area contributed by atoms with Gasteiger partial charge in [0.1, 0.15) is 0 Å². The molecule has 0 radical (unpaired) electrons. The van der Waals surface area contributed by atoms with Crippen molar-refractivity contribution in [2.45, 2.75) is 40.5 Å². The van der Waals surface area contributed by atoms with Crippen LogP contribution in [0.4, 0.5) is 0 Å². The summed E-state index contributed by atoms with van der Waals surface area (Å²) in [4.78, 5) is 33.9. The number of nitrogens with one attached hydrogen (secondary N) is 2. The molecule has 0 heterocycles. The second kappa shape index (κ2) is 8.66. The zero-order valence-electron chi connectivity index (χ0n) is 11.7. The number of ketones is 1. The monoisotopic (exact) mass is 256 g/mol. The highest BCUT2D eigenvalue weighted by molar-refractivity contribution is 5.87. The standard InChI is InChI=1S/C13H24N2O3/c1-9(2)11(16)8-15-12(17)6-5-7-14-13(18)10(3)4/h9-10H,5-8H2,1-4H3,(H,14,18)(H,15,17). The molecule has 0 rings (SSSR count). The summed E-state index contributed by atoms with van der Waals surface area (Å²) in [7, 11) is 0. The molecule has 0 aromatic carbocycles. The van der Waals surface area contributed by atoms with Crippen molar-refractivity contribution >= 4 is 17.6 Å². The van der Waals surface area contributed by atoms with Crippen LogP contribution in [-0.2, 0) is 14.4 Å². The van der Waals surface area contributed by atoms with E-state index in [0.29, 0.717) is 19.4 Å². The number of carbonyl (C=O) groups is 3. The van der Waals surface area contributed by atoms with E-state index in [-0.39, 0.29) is 36.0 Å². The van der Waals surface area contributed by atoms with E-state index in [1.807, 2.05) is 13.8 Å². The van der Waals surface area contributed by atoms with Crippen molar-refractivity contribution in [3.05, 3.63) is 0 Å². The van der Waals surface area contributed by atoms with Crippen LogP contribution in [0.1, 0.15) is 40.5 Å². The molecule has 0 spiro atoms. The second-order valence-corrected chi connectivity index (χ2v) is 4.95. The minimum Gasteiger partial charge on any atom is -0.356 e. The Morgan fingerprint density at radius 2 is 1.56 bits per heavy atom. The maximum atomic E-state index is 11.4. The van der Waals surface area contributed by atoms with Crippen LogP contribution in [0.3, 0.4) is 0 Å². The van der Waals surface area contributed by atoms with Gasteiger partial charge in [0.25, 0.3) is 0 Å². The molecular formula is C13H24N2O3. The molecule has 0 aliphatic heterocycles. The van der Waals surface area contributed by atoms with Gasteiger partial charge in [0.2, 0.25) is 11.8 Å². The van der Waals surface area contributed by atoms with E-state index in [1.165, 1.54) is 0 Å². The molecule has 0 aliphatic carbocycles. The maximum absolute atomic E-state index is 11.4. The van der Waals surface area contributed by atoms with Gasteiger partial charge in [-0.2, -0.15) is 0 Å². The Hall–Kier alpha value is -1.39. The summed E-state index contributed by atoms with van der Waals surface area (Å²) in [5, 5.41) is 5.31. The summed E-state index contributed by atoms with van der Waals surface area (Å²) >= 11 is 0. The van der Waals surface area contributed by atoms with Gasteiger partial charge >= 0.3 is 0 Å². The lowest BCUT2D eigenvalue weighted by molar-refractivity contribution is -0.126. The Labute approximate surface area is 109 Å². The molecular weight excluding hydrogens is 232 g/mol. The molecule has 18 heavy (non-hydrogen) atoms. The molecule has 0 unspecified atom stereocenters. The van der Waals surface area contributed by atoms with Crippen molar-refractivity contribution in [2.75, 3.05) is 13.1 Å². The SMILES string of the molecule is CC(C)C(=O)CNC(=O)CCCNC(=O)C(C)C. The average Bonchev–Trinajstić information content (AvgIpc) is 2.30. The Bertz CT molecular complexity index is 299. The highest BCUT2D eigenvalue weighted by Gasteiger charge is 2.09. The first-order valence-corrected chi connectivity index (χ1v) is 6.41. The van der Waals surface area contributed by atoms with Crippen LogP contribution in [0, 0.1) is 11.8 Å². The normalized spacial score (nSPS) is 10.6. The van der Waals surface area contributed by atoms with Crippen molar-refractivity contribution in [3.63, 3.8) is 0 Å². The first kappa shape index (κ1) is 16.6. The van der Waals surface area contributed by atoms with Gasteiger partial charge in [0.15, 0.2) is 5.78 Å². The molecule has 0 atom stereocenters. The van der Waals surface area contributed by atoms with Crippen LogP contribution in [0.25, 0.3) is 0 Å². The highest BCUT2D eigenvalue weighted by Crippen LogP contribution is 1.94. The number of hydrogen-bond donors (Lipinski definition) is 2.